The van der Waals surface area contributed by atoms with Gasteiger partial charge in [-0.25, -0.2) is 0 Å². The number of amides is 2. The van der Waals surface area contributed by atoms with Crippen molar-refractivity contribution in [3.8, 4) is 11.5 Å². The fourth-order valence-electron chi connectivity index (χ4n) is 4.08. The molecule has 27 heavy (non-hydrogen) atoms. The summed E-state index contributed by atoms with van der Waals surface area (Å²) in [6.45, 7) is 4.22. The molecule has 3 heterocycles. The number of fused-ring (bicyclic) bond motifs is 1. The number of carbonyl (C=O) groups excluding carboxylic acids is 2. The molecule has 3 aliphatic heterocycles. The second-order valence-electron chi connectivity index (χ2n) is 7.56. The third-order valence-electron chi connectivity index (χ3n) is 5.79. The Balaban J connectivity index is 1.32. The van der Waals surface area contributed by atoms with Gasteiger partial charge in [0.1, 0.15) is 6.04 Å². The average molecular weight is 373 g/mol. The molecule has 0 spiro atoms. The van der Waals surface area contributed by atoms with E-state index in [1.807, 2.05) is 17.0 Å². The van der Waals surface area contributed by atoms with E-state index in [4.69, 9.17) is 9.47 Å². The smallest absolute Gasteiger partial charge is 0.245 e. The van der Waals surface area contributed by atoms with Crippen molar-refractivity contribution in [2.75, 3.05) is 40.0 Å². The summed E-state index contributed by atoms with van der Waals surface area (Å²) in [5, 5.41) is 0. The number of benzene rings is 1. The number of piperazine rings is 1. The molecule has 1 aromatic carbocycles. The molecular weight excluding hydrogens is 346 g/mol. The van der Waals surface area contributed by atoms with Gasteiger partial charge in [0.15, 0.2) is 11.5 Å². The zero-order valence-electron chi connectivity index (χ0n) is 15.9. The number of likely N-dealkylation sites (tertiary alicyclic amines) is 1. The van der Waals surface area contributed by atoms with Gasteiger partial charge in [0, 0.05) is 46.2 Å². The van der Waals surface area contributed by atoms with E-state index in [0.29, 0.717) is 19.5 Å². The van der Waals surface area contributed by atoms with Gasteiger partial charge >= 0.3 is 0 Å². The van der Waals surface area contributed by atoms with Crippen molar-refractivity contribution < 1.29 is 19.1 Å². The van der Waals surface area contributed by atoms with Crippen molar-refractivity contribution in [3.63, 3.8) is 0 Å². The lowest BCUT2D eigenvalue weighted by molar-refractivity contribution is -0.145. The number of rotatable bonds is 3. The van der Waals surface area contributed by atoms with Crippen LogP contribution in [0.4, 0.5) is 0 Å². The van der Waals surface area contributed by atoms with Crippen LogP contribution in [0.1, 0.15) is 31.2 Å². The Bertz CT molecular complexity index is 715. The van der Waals surface area contributed by atoms with Crippen LogP contribution in [0, 0.1) is 0 Å². The highest BCUT2D eigenvalue weighted by Gasteiger charge is 2.33. The van der Waals surface area contributed by atoms with Gasteiger partial charge in [0.25, 0.3) is 0 Å². The largest absolute Gasteiger partial charge is 0.454 e. The summed E-state index contributed by atoms with van der Waals surface area (Å²) in [6, 6.07) is 5.76. The second-order valence-corrected chi connectivity index (χ2v) is 7.56. The van der Waals surface area contributed by atoms with Crippen LogP contribution < -0.4 is 9.47 Å². The first-order valence-corrected chi connectivity index (χ1v) is 9.77. The molecule has 7 nitrogen and oxygen atoms in total. The fourth-order valence-corrected chi connectivity index (χ4v) is 4.08. The Labute approximate surface area is 159 Å². The highest BCUT2D eigenvalue weighted by atomic mass is 16.7. The Hall–Kier alpha value is -2.28. The molecule has 0 bridgehead atoms. The quantitative estimate of drug-likeness (QED) is 0.803. The van der Waals surface area contributed by atoms with E-state index < -0.39 is 0 Å². The van der Waals surface area contributed by atoms with Crippen LogP contribution in [-0.4, -0.2) is 72.6 Å². The number of carbonyl (C=O) groups is 2. The summed E-state index contributed by atoms with van der Waals surface area (Å²) in [5.41, 5.74) is 1.19. The van der Waals surface area contributed by atoms with Crippen LogP contribution in [0.2, 0.25) is 0 Å². The summed E-state index contributed by atoms with van der Waals surface area (Å²) >= 11 is 0. The molecule has 2 saturated heterocycles. The van der Waals surface area contributed by atoms with Crippen LogP contribution >= 0.6 is 0 Å². The molecule has 1 atom stereocenters. The van der Waals surface area contributed by atoms with Gasteiger partial charge in [-0.05, 0) is 30.5 Å². The Morgan fingerprint density at radius 1 is 1.11 bits per heavy atom. The summed E-state index contributed by atoms with van der Waals surface area (Å²) in [4.78, 5) is 31.0. The fraction of sp³-hybridized carbons (Fsp3) is 0.600. The van der Waals surface area contributed by atoms with E-state index >= 15 is 0 Å². The van der Waals surface area contributed by atoms with E-state index in [1.54, 1.807) is 11.9 Å². The molecule has 0 aromatic heterocycles. The van der Waals surface area contributed by atoms with Gasteiger partial charge in [0.2, 0.25) is 18.6 Å². The predicted molar refractivity (Wildman–Crippen MR) is 99.4 cm³/mol. The van der Waals surface area contributed by atoms with Crippen molar-refractivity contribution in [1.82, 2.24) is 14.7 Å². The van der Waals surface area contributed by atoms with Gasteiger partial charge in [0.05, 0.1) is 0 Å². The molecule has 1 aromatic rings. The molecule has 1 unspecified atom stereocenters. The maximum absolute atomic E-state index is 12.9. The zero-order valence-corrected chi connectivity index (χ0v) is 15.9. The molecule has 0 aliphatic carbocycles. The monoisotopic (exact) mass is 373 g/mol. The van der Waals surface area contributed by atoms with E-state index in [0.717, 1.165) is 50.4 Å². The molecule has 2 fully saturated rings. The molecule has 3 aliphatic rings. The summed E-state index contributed by atoms with van der Waals surface area (Å²) < 4.78 is 10.8. The van der Waals surface area contributed by atoms with E-state index in [-0.39, 0.29) is 24.6 Å². The molecule has 0 N–H and O–H groups in total. The molecule has 146 valence electrons. The van der Waals surface area contributed by atoms with E-state index in [9.17, 15) is 9.59 Å². The maximum Gasteiger partial charge on any atom is 0.245 e. The lowest BCUT2D eigenvalue weighted by atomic mass is 10.1. The van der Waals surface area contributed by atoms with E-state index in [1.165, 1.54) is 5.56 Å². The Morgan fingerprint density at radius 2 is 1.89 bits per heavy atom. The first kappa shape index (κ1) is 18.1. The molecule has 0 saturated carbocycles. The minimum atomic E-state index is -0.291. The van der Waals surface area contributed by atoms with Gasteiger partial charge in [-0.2, -0.15) is 0 Å². The summed E-state index contributed by atoms with van der Waals surface area (Å²) in [6.07, 6.45) is 3.16. The Morgan fingerprint density at radius 3 is 2.70 bits per heavy atom. The number of ether oxygens (including phenoxy) is 2. The number of hydrogen-bond donors (Lipinski definition) is 0. The zero-order chi connectivity index (χ0) is 18.8. The summed E-state index contributed by atoms with van der Waals surface area (Å²) in [5.74, 6) is 1.81. The topological polar surface area (TPSA) is 62.3 Å². The molecule has 2 amide bonds. The number of hydrogen-bond acceptors (Lipinski definition) is 5. The van der Waals surface area contributed by atoms with Gasteiger partial charge in [-0.1, -0.05) is 12.5 Å². The molecule has 4 rings (SSSR count). The average Bonchev–Trinajstić information content (AvgIpc) is 3.08. The van der Waals surface area contributed by atoms with Gasteiger partial charge in [-0.3, -0.25) is 14.5 Å². The first-order valence-electron chi connectivity index (χ1n) is 9.77. The predicted octanol–water partition coefficient (Wildman–Crippen LogP) is 1.46. The standard InChI is InChI=1S/C20H27N3O4/c1-21-16(4-2-3-5-19(21)24)20(25)23-10-8-22(9-11-23)13-15-6-7-17-18(12-15)27-14-26-17/h6-7,12,16H,2-5,8-11,13-14H2,1H3. The maximum atomic E-state index is 12.9. The van der Waals surface area contributed by atoms with Crippen molar-refractivity contribution >= 4 is 11.8 Å². The highest BCUT2D eigenvalue weighted by molar-refractivity contribution is 5.88. The van der Waals surface area contributed by atoms with Gasteiger partial charge in [-0.15, -0.1) is 0 Å². The van der Waals surface area contributed by atoms with Crippen molar-refractivity contribution in [2.24, 2.45) is 0 Å². The SMILES string of the molecule is CN1C(=O)CCCCC1C(=O)N1CCN(Cc2ccc3c(c2)OCO3)CC1. The number of nitrogens with zero attached hydrogens (tertiary/aromatic N) is 3. The van der Waals surface area contributed by atoms with Gasteiger partial charge < -0.3 is 19.3 Å². The lowest BCUT2D eigenvalue weighted by Crippen LogP contribution is -2.54. The molecule has 0 radical (unpaired) electrons. The van der Waals surface area contributed by atoms with Crippen LogP contribution in [0.15, 0.2) is 18.2 Å². The van der Waals surface area contributed by atoms with Crippen LogP contribution in [0.5, 0.6) is 11.5 Å². The molecular formula is C20H27N3O4. The van der Waals surface area contributed by atoms with Crippen molar-refractivity contribution in [1.29, 1.82) is 0 Å². The van der Waals surface area contributed by atoms with Crippen molar-refractivity contribution in [2.45, 2.75) is 38.3 Å². The van der Waals surface area contributed by atoms with Crippen LogP contribution in [-0.2, 0) is 16.1 Å². The third-order valence-corrected chi connectivity index (χ3v) is 5.79. The third kappa shape index (κ3) is 3.88. The minimum Gasteiger partial charge on any atom is -0.454 e. The van der Waals surface area contributed by atoms with E-state index in [2.05, 4.69) is 11.0 Å². The van der Waals surface area contributed by atoms with Crippen LogP contribution in [0.25, 0.3) is 0 Å². The lowest BCUT2D eigenvalue weighted by Gasteiger charge is -2.38. The first-order chi connectivity index (χ1) is 13.1. The highest BCUT2D eigenvalue weighted by Crippen LogP contribution is 2.32. The normalized spacial score (nSPS) is 23.4. The Kier molecular flexibility index (Phi) is 5.20. The van der Waals surface area contributed by atoms with Crippen LogP contribution in [0.3, 0.4) is 0 Å². The van der Waals surface area contributed by atoms with Crippen molar-refractivity contribution in [3.05, 3.63) is 23.8 Å². The molecule has 7 heteroatoms. The summed E-state index contributed by atoms with van der Waals surface area (Å²) in [7, 11) is 1.77. The number of likely N-dealkylation sites (N-methyl/N-ethyl adjacent to an activating group) is 1. The minimum absolute atomic E-state index is 0.0901. The second kappa shape index (κ2) is 7.76.